The number of nitrogens with one attached hydrogen (secondary N) is 1. The Morgan fingerprint density at radius 3 is 2.32 bits per heavy atom. The molecule has 1 aliphatic rings. The number of aromatic nitrogens is 2. The van der Waals surface area contributed by atoms with E-state index in [1.54, 1.807) is 12.1 Å². The first-order chi connectivity index (χ1) is 13.7. The van der Waals surface area contributed by atoms with E-state index in [0.717, 1.165) is 48.9 Å². The van der Waals surface area contributed by atoms with Gasteiger partial charge in [0.05, 0.1) is 17.3 Å². The molecule has 0 spiro atoms. The largest absolute Gasteiger partial charge is 0.354 e. The van der Waals surface area contributed by atoms with E-state index < -0.39 is 0 Å². The molecule has 0 unspecified atom stereocenters. The molecule has 3 aromatic rings. The van der Waals surface area contributed by atoms with Gasteiger partial charge in [0.1, 0.15) is 5.82 Å². The Morgan fingerprint density at radius 1 is 0.929 bits per heavy atom. The van der Waals surface area contributed by atoms with Crippen LogP contribution in [0.15, 0.2) is 60.7 Å². The standard InChI is InChI=1S/C22H22N6/c1-27-11-13-28(14-12-27)21-15-20(18-5-3-2-4-6-18)25-22(26-21)24-19-9-7-17(16-23)8-10-19/h2-10,15H,11-14H2,1H3,(H,24,25,26). The van der Waals surface area contributed by atoms with Gasteiger partial charge in [0, 0.05) is 43.5 Å². The summed E-state index contributed by atoms with van der Waals surface area (Å²) in [7, 11) is 2.14. The molecule has 6 heteroatoms. The zero-order valence-corrected chi connectivity index (χ0v) is 15.8. The van der Waals surface area contributed by atoms with Crippen molar-refractivity contribution in [1.82, 2.24) is 14.9 Å². The van der Waals surface area contributed by atoms with E-state index in [1.807, 2.05) is 30.3 Å². The lowest BCUT2D eigenvalue weighted by Crippen LogP contribution is -2.44. The van der Waals surface area contributed by atoms with Crippen LogP contribution in [0.3, 0.4) is 0 Å². The Kier molecular flexibility index (Phi) is 5.18. The summed E-state index contributed by atoms with van der Waals surface area (Å²) in [6.07, 6.45) is 0. The van der Waals surface area contributed by atoms with Crippen LogP contribution >= 0.6 is 0 Å². The third kappa shape index (κ3) is 4.11. The second kappa shape index (κ2) is 8.07. The molecule has 140 valence electrons. The highest BCUT2D eigenvalue weighted by Gasteiger charge is 2.17. The van der Waals surface area contributed by atoms with Crippen LogP contribution in [0.1, 0.15) is 5.56 Å². The molecule has 0 saturated carbocycles. The smallest absolute Gasteiger partial charge is 0.229 e. The zero-order valence-electron chi connectivity index (χ0n) is 15.8. The molecule has 2 heterocycles. The van der Waals surface area contributed by atoms with Crippen LogP contribution < -0.4 is 10.2 Å². The van der Waals surface area contributed by atoms with Crippen molar-refractivity contribution in [2.24, 2.45) is 0 Å². The topological polar surface area (TPSA) is 68.1 Å². The molecule has 0 atom stereocenters. The van der Waals surface area contributed by atoms with Gasteiger partial charge in [0.25, 0.3) is 0 Å². The maximum Gasteiger partial charge on any atom is 0.229 e. The first-order valence-corrected chi connectivity index (χ1v) is 9.36. The van der Waals surface area contributed by atoms with Crippen molar-refractivity contribution >= 4 is 17.5 Å². The highest BCUT2D eigenvalue weighted by molar-refractivity contribution is 5.66. The zero-order chi connectivity index (χ0) is 19.3. The molecule has 0 bridgehead atoms. The Labute approximate surface area is 165 Å². The minimum atomic E-state index is 0.556. The number of likely N-dealkylation sites (N-methyl/N-ethyl adjacent to an activating group) is 1. The summed E-state index contributed by atoms with van der Waals surface area (Å²) in [5, 5.41) is 12.3. The fourth-order valence-corrected chi connectivity index (χ4v) is 3.20. The average Bonchev–Trinajstić information content (AvgIpc) is 2.75. The quantitative estimate of drug-likeness (QED) is 0.758. The fraction of sp³-hybridized carbons (Fsp3) is 0.227. The van der Waals surface area contributed by atoms with E-state index in [4.69, 9.17) is 15.2 Å². The minimum Gasteiger partial charge on any atom is -0.354 e. The molecule has 0 aliphatic carbocycles. The van der Waals surface area contributed by atoms with Crippen LogP contribution in [-0.2, 0) is 0 Å². The summed E-state index contributed by atoms with van der Waals surface area (Å²) in [5.41, 5.74) is 3.43. The summed E-state index contributed by atoms with van der Waals surface area (Å²) in [4.78, 5) is 14.1. The van der Waals surface area contributed by atoms with Gasteiger partial charge < -0.3 is 15.1 Å². The summed E-state index contributed by atoms with van der Waals surface area (Å²) in [6.45, 7) is 3.92. The first kappa shape index (κ1) is 18.0. The van der Waals surface area contributed by atoms with Crippen molar-refractivity contribution in [3.8, 4) is 17.3 Å². The van der Waals surface area contributed by atoms with E-state index in [2.05, 4.69) is 46.4 Å². The van der Waals surface area contributed by atoms with Crippen molar-refractivity contribution in [2.45, 2.75) is 0 Å². The van der Waals surface area contributed by atoms with Gasteiger partial charge in [0.2, 0.25) is 5.95 Å². The molecule has 6 nitrogen and oxygen atoms in total. The molecular formula is C22H22N6. The van der Waals surface area contributed by atoms with E-state index >= 15 is 0 Å². The van der Waals surface area contributed by atoms with E-state index in [0.29, 0.717) is 11.5 Å². The SMILES string of the molecule is CN1CCN(c2cc(-c3ccccc3)nc(Nc3ccc(C#N)cc3)n2)CC1. The maximum atomic E-state index is 8.98. The summed E-state index contributed by atoms with van der Waals surface area (Å²) in [5.74, 6) is 1.48. The lowest BCUT2D eigenvalue weighted by molar-refractivity contribution is 0.312. The van der Waals surface area contributed by atoms with Gasteiger partial charge in [-0.3, -0.25) is 0 Å². The normalized spacial score (nSPS) is 14.5. The summed E-state index contributed by atoms with van der Waals surface area (Å²) >= 11 is 0. The van der Waals surface area contributed by atoms with Gasteiger partial charge in [-0.05, 0) is 31.3 Å². The molecule has 1 N–H and O–H groups in total. The molecule has 0 amide bonds. The Hall–Kier alpha value is -3.43. The number of nitrogens with zero attached hydrogens (tertiary/aromatic N) is 5. The van der Waals surface area contributed by atoms with Crippen molar-refractivity contribution < 1.29 is 0 Å². The predicted molar refractivity (Wildman–Crippen MR) is 112 cm³/mol. The Morgan fingerprint density at radius 2 is 1.64 bits per heavy atom. The molecule has 1 aromatic heterocycles. The van der Waals surface area contributed by atoms with Gasteiger partial charge in [-0.2, -0.15) is 10.2 Å². The molecule has 0 radical (unpaired) electrons. The van der Waals surface area contributed by atoms with Crippen LogP contribution in [-0.4, -0.2) is 48.1 Å². The lowest BCUT2D eigenvalue weighted by Gasteiger charge is -2.33. The average molecular weight is 370 g/mol. The predicted octanol–water partition coefficient (Wildman–Crippen LogP) is 3.51. The molecule has 2 aromatic carbocycles. The number of anilines is 3. The Balaban J connectivity index is 1.68. The minimum absolute atomic E-state index is 0.556. The van der Waals surface area contributed by atoms with Gasteiger partial charge in [-0.25, -0.2) is 4.98 Å². The fourth-order valence-electron chi connectivity index (χ4n) is 3.20. The third-order valence-corrected chi connectivity index (χ3v) is 4.88. The molecule has 1 saturated heterocycles. The molecule has 28 heavy (non-hydrogen) atoms. The van der Waals surface area contributed by atoms with Crippen LogP contribution in [0.4, 0.5) is 17.5 Å². The number of hydrogen-bond donors (Lipinski definition) is 1. The van der Waals surface area contributed by atoms with Crippen molar-refractivity contribution in [2.75, 3.05) is 43.4 Å². The molecular weight excluding hydrogens is 348 g/mol. The second-order valence-electron chi connectivity index (χ2n) is 6.91. The maximum absolute atomic E-state index is 8.98. The van der Waals surface area contributed by atoms with E-state index in [1.165, 1.54) is 0 Å². The number of nitriles is 1. The van der Waals surface area contributed by atoms with Gasteiger partial charge >= 0.3 is 0 Å². The first-order valence-electron chi connectivity index (χ1n) is 9.36. The molecule has 1 fully saturated rings. The van der Waals surface area contributed by atoms with Gasteiger partial charge in [-0.15, -0.1) is 0 Å². The number of benzene rings is 2. The Bertz CT molecular complexity index is 970. The number of piperazine rings is 1. The highest BCUT2D eigenvalue weighted by Crippen LogP contribution is 2.25. The molecule has 1 aliphatic heterocycles. The molecule has 4 rings (SSSR count). The van der Waals surface area contributed by atoms with Crippen molar-refractivity contribution in [3.05, 3.63) is 66.2 Å². The monoisotopic (exact) mass is 370 g/mol. The number of rotatable bonds is 4. The third-order valence-electron chi connectivity index (χ3n) is 4.88. The summed E-state index contributed by atoms with van der Waals surface area (Å²) in [6, 6.07) is 21.6. The highest BCUT2D eigenvalue weighted by atomic mass is 15.3. The van der Waals surface area contributed by atoms with E-state index in [9.17, 15) is 0 Å². The van der Waals surface area contributed by atoms with E-state index in [-0.39, 0.29) is 0 Å². The second-order valence-corrected chi connectivity index (χ2v) is 6.91. The van der Waals surface area contributed by atoms with Gasteiger partial charge in [-0.1, -0.05) is 30.3 Å². The number of hydrogen-bond acceptors (Lipinski definition) is 6. The van der Waals surface area contributed by atoms with Crippen LogP contribution in [0.5, 0.6) is 0 Å². The van der Waals surface area contributed by atoms with Crippen LogP contribution in [0, 0.1) is 11.3 Å². The van der Waals surface area contributed by atoms with Crippen LogP contribution in [0.2, 0.25) is 0 Å². The van der Waals surface area contributed by atoms with Crippen LogP contribution in [0.25, 0.3) is 11.3 Å². The lowest BCUT2D eigenvalue weighted by atomic mass is 10.1. The van der Waals surface area contributed by atoms with Crippen molar-refractivity contribution in [3.63, 3.8) is 0 Å². The summed E-state index contributed by atoms with van der Waals surface area (Å²) < 4.78 is 0. The van der Waals surface area contributed by atoms with Crippen molar-refractivity contribution in [1.29, 1.82) is 5.26 Å². The van der Waals surface area contributed by atoms with Gasteiger partial charge in [0.15, 0.2) is 0 Å².